The number of carbonyl (C=O) groups is 1. The molecule has 0 unspecified atom stereocenters. The summed E-state index contributed by atoms with van der Waals surface area (Å²) < 4.78 is 11.5. The smallest absolute Gasteiger partial charge is 0.430 e. The molecular weight excluding hydrogens is 480 g/mol. The van der Waals surface area contributed by atoms with Crippen LogP contribution in [-0.2, 0) is 11.2 Å². The van der Waals surface area contributed by atoms with Gasteiger partial charge in [-0.2, -0.15) is 0 Å². The van der Waals surface area contributed by atoms with Gasteiger partial charge < -0.3 is 9.47 Å². The largest absolute Gasteiger partial charge is 0.514 e. The summed E-state index contributed by atoms with van der Waals surface area (Å²) in [6.45, 7) is 9.61. The van der Waals surface area contributed by atoms with Crippen molar-refractivity contribution in [2.45, 2.75) is 137 Å². The Morgan fingerprint density at radius 1 is 0.923 bits per heavy atom. The number of allylic oxidation sites excluding steroid dienone is 1. The number of ether oxygens (including phenoxy) is 2. The standard InChI is InChI=1S/C36H54O3/c1-5-7-8-9-10-11-15-27-18-20-31-30-19-17-28-25-29(21-23-36(28,4)32(30)22-24-35(27,31)3)38-34(37)39-33-16-13-12-14-26(33)6-2/h12-14,16-17,27,29-32H,5-11,15,18-25H2,1-4H3/t27-,29-,30-,31-,32-,35+,36-/m0/s1. The van der Waals surface area contributed by atoms with Crippen LogP contribution >= 0.6 is 0 Å². The second-order valence-electron chi connectivity index (χ2n) is 13.9. The van der Waals surface area contributed by atoms with E-state index in [4.69, 9.17) is 9.47 Å². The van der Waals surface area contributed by atoms with Crippen LogP contribution in [0.5, 0.6) is 5.75 Å². The molecule has 3 saturated carbocycles. The quantitative estimate of drug-likeness (QED) is 0.130. The topological polar surface area (TPSA) is 35.5 Å². The Balaban J connectivity index is 1.18. The number of benzene rings is 1. The first-order valence-corrected chi connectivity index (χ1v) is 16.5. The van der Waals surface area contributed by atoms with E-state index in [1.807, 2.05) is 24.3 Å². The molecule has 4 aliphatic carbocycles. The van der Waals surface area contributed by atoms with Crippen LogP contribution in [0.1, 0.15) is 130 Å². The number of para-hydroxylation sites is 1. The van der Waals surface area contributed by atoms with Gasteiger partial charge in [-0.1, -0.05) is 96.1 Å². The van der Waals surface area contributed by atoms with Gasteiger partial charge in [0.2, 0.25) is 0 Å². The Kier molecular flexibility index (Phi) is 9.14. The van der Waals surface area contributed by atoms with Crippen LogP contribution in [-0.4, -0.2) is 12.3 Å². The molecule has 0 bridgehead atoms. The summed E-state index contributed by atoms with van der Waals surface area (Å²) in [5.74, 6) is 4.12. The van der Waals surface area contributed by atoms with Crippen molar-refractivity contribution < 1.29 is 14.3 Å². The van der Waals surface area contributed by atoms with Crippen LogP contribution in [0.15, 0.2) is 35.9 Å². The van der Waals surface area contributed by atoms with Crippen LogP contribution in [0.2, 0.25) is 0 Å². The van der Waals surface area contributed by atoms with E-state index in [0.717, 1.165) is 54.9 Å². The number of carbonyl (C=O) groups excluding carboxylic acids is 1. The minimum atomic E-state index is -0.547. The van der Waals surface area contributed by atoms with Crippen LogP contribution in [0.4, 0.5) is 4.79 Å². The molecular formula is C36H54O3. The van der Waals surface area contributed by atoms with Crippen molar-refractivity contribution in [3.63, 3.8) is 0 Å². The number of hydrogen-bond donors (Lipinski definition) is 0. The Morgan fingerprint density at radius 2 is 1.72 bits per heavy atom. The summed E-state index contributed by atoms with van der Waals surface area (Å²) in [7, 11) is 0. The van der Waals surface area contributed by atoms with E-state index in [0.29, 0.717) is 11.2 Å². The molecule has 0 heterocycles. The molecule has 39 heavy (non-hydrogen) atoms. The third kappa shape index (κ3) is 5.84. The molecule has 0 saturated heterocycles. The van der Waals surface area contributed by atoms with E-state index in [2.05, 4.69) is 33.8 Å². The highest BCUT2D eigenvalue weighted by molar-refractivity contribution is 5.64. The summed E-state index contributed by atoms with van der Waals surface area (Å²) in [6, 6.07) is 7.76. The zero-order valence-electron chi connectivity index (χ0n) is 25.3. The van der Waals surface area contributed by atoms with Crippen molar-refractivity contribution in [2.24, 2.45) is 34.5 Å². The third-order valence-electron chi connectivity index (χ3n) is 12.0. The summed E-state index contributed by atoms with van der Waals surface area (Å²) in [5, 5.41) is 0. The minimum absolute atomic E-state index is 0.0655. The molecule has 1 aromatic carbocycles. The van der Waals surface area contributed by atoms with Gasteiger partial charge in [-0.25, -0.2) is 4.79 Å². The number of aryl methyl sites for hydroxylation is 1. The lowest BCUT2D eigenvalue weighted by Crippen LogP contribution is -2.50. The number of unbranched alkanes of at least 4 members (excludes halogenated alkanes) is 5. The van der Waals surface area contributed by atoms with Crippen LogP contribution < -0.4 is 4.74 Å². The lowest BCUT2D eigenvalue weighted by molar-refractivity contribution is -0.0538. The Bertz CT molecular complexity index is 1010. The van der Waals surface area contributed by atoms with E-state index in [1.54, 1.807) is 5.57 Å². The van der Waals surface area contributed by atoms with Gasteiger partial charge in [0.25, 0.3) is 0 Å². The maximum atomic E-state index is 12.7. The third-order valence-corrected chi connectivity index (χ3v) is 12.0. The Morgan fingerprint density at radius 3 is 2.54 bits per heavy atom. The number of rotatable bonds is 10. The van der Waals surface area contributed by atoms with Gasteiger partial charge in [-0.05, 0) is 104 Å². The summed E-state index contributed by atoms with van der Waals surface area (Å²) >= 11 is 0. The van der Waals surface area contributed by atoms with Gasteiger partial charge in [0.1, 0.15) is 11.9 Å². The zero-order chi connectivity index (χ0) is 27.5. The van der Waals surface area contributed by atoms with Gasteiger partial charge in [-0.15, -0.1) is 0 Å². The highest BCUT2D eigenvalue weighted by Gasteiger charge is 2.58. The predicted molar refractivity (Wildman–Crippen MR) is 160 cm³/mol. The molecule has 3 fully saturated rings. The Labute approximate surface area is 238 Å². The fourth-order valence-corrected chi connectivity index (χ4v) is 9.63. The molecule has 0 N–H and O–H groups in total. The predicted octanol–water partition coefficient (Wildman–Crippen LogP) is 10.5. The summed E-state index contributed by atoms with van der Waals surface area (Å²) in [4.78, 5) is 12.7. The van der Waals surface area contributed by atoms with Crippen molar-refractivity contribution >= 4 is 6.16 Å². The van der Waals surface area contributed by atoms with Crippen LogP contribution in [0, 0.1) is 34.5 Å². The maximum Gasteiger partial charge on any atom is 0.514 e. The molecule has 0 radical (unpaired) electrons. The SMILES string of the molecule is CCCCCCCC[C@H]1CC[C@H]2[C@@H]3CC=C4C[C@@H](OC(=O)Oc5ccccc5CC)CC[C@]4(C)[C@H]3CC[C@]12C. The van der Waals surface area contributed by atoms with E-state index in [-0.39, 0.29) is 11.5 Å². The number of hydrogen-bond acceptors (Lipinski definition) is 3. The van der Waals surface area contributed by atoms with Crippen molar-refractivity contribution in [1.29, 1.82) is 0 Å². The molecule has 216 valence electrons. The minimum Gasteiger partial charge on any atom is -0.430 e. The van der Waals surface area contributed by atoms with Crippen LogP contribution in [0.25, 0.3) is 0 Å². The van der Waals surface area contributed by atoms with E-state index >= 15 is 0 Å². The van der Waals surface area contributed by atoms with Crippen molar-refractivity contribution in [3.05, 3.63) is 41.5 Å². The van der Waals surface area contributed by atoms with E-state index in [9.17, 15) is 4.79 Å². The average molecular weight is 535 g/mol. The molecule has 0 aromatic heterocycles. The van der Waals surface area contributed by atoms with Gasteiger partial charge in [0.15, 0.2) is 0 Å². The molecule has 0 spiro atoms. The summed E-state index contributed by atoms with van der Waals surface area (Å²) in [6.07, 6.45) is 22.7. The molecule has 0 amide bonds. The van der Waals surface area contributed by atoms with Crippen LogP contribution in [0.3, 0.4) is 0 Å². The van der Waals surface area contributed by atoms with E-state index in [1.165, 1.54) is 77.0 Å². The second-order valence-corrected chi connectivity index (χ2v) is 13.9. The van der Waals surface area contributed by atoms with Gasteiger partial charge in [-0.3, -0.25) is 0 Å². The zero-order valence-corrected chi connectivity index (χ0v) is 25.3. The van der Waals surface area contributed by atoms with Crippen molar-refractivity contribution in [1.82, 2.24) is 0 Å². The maximum absolute atomic E-state index is 12.7. The Hall–Kier alpha value is -1.77. The van der Waals surface area contributed by atoms with E-state index < -0.39 is 6.16 Å². The number of fused-ring (bicyclic) bond motifs is 5. The highest BCUT2D eigenvalue weighted by Crippen LogP contribution is 2.66. The first kappa shape index (κ1) is 28.7. The van der Waals surface area contributed by atoms with Gasteiger partial charge in [0.05, 0.1) is 0 Å². The fraction of sp³-hybridized carbons (Fsp3) is 0.750. The molecule has 3 heteroatoms. The van der Waals surface area contributed by atoms with Crippen molar-refractivity contribution in [3.8, 4) is 5.75 Å². The first-order valence-electron chi connectivity index (χ1n) is 16.5. The molecule has 7 atom stereocenters. The van der Waals surface area contributed by atoms with Gasteiger partial charge in [0, 0.05) is 6.42 Å². The monoisotopic (exact) mass is 534 g/mol. The second kappa shape index (κ2) is 12.4. The fourth-order valence-electron chi connectivity index (χ4n) is 9.63. The summed E-state index contributed by atoms with van der Waals surface area (Å²) in [5.41, 5.74) is 3.44. The molecule has 5 rings (SSSR count). The molecule has 4 aliphatic rings. The molecule has 0 aliphatic heterocycles. The average Bonchev–Trinajstić information content (AvgIpc) is 3.27. The van der Waals surface area contributed by atoms with Gasteiger partial charge >= 0.3 is 6.16 Å². The van der Waals surface area contributed by atoms with Crippen molar-refractivity contribution in [2.75, 3.05) is 0 Å². The normalized spacial score (nSPS) is 35.4. The first-order chi connectivity index (χ1) is 18.9. The highest BCUT2D eigenvalue weighted by atomic mass is 16.7. The lowest BCUT2D eigenvalue weighted by Gasteiger charge is -2.58. The molecule has 3 nitrogen and oxygen atoms in total. The lowest BCUT2D eigenvalue weighted by atomic mass is 9.47. The molecule has 1 aromatic rings.